The van der Waals surface area contributed by atoms with E-state index in [1.54, 1.807) is 17.4 Å². The van der Waals surface area contributed by atoms with Crippen molar-refractivity contribution < 1.29 is 9.90 Å². The minimum Gasteiger partial charge on any atom is -0.477 e. The summed E-state index contributed by atoms with van der Waals surface area (Å²) in [6.45, 7) is 6.75. The van der Waals surface area contributed by atoms with Gasteiger partial charge in [-0.05, 0) is 121 Å². The van der Waals surface area contributed by atoms with E-state index in [0.717, 1.165) is 72.4 Å². The molecule has 3 aromatic heterocycles. The first-order valence-electron chi connectivity index (χ1n) is 21.7. The van der Waals surface area contributed by atoms with Gasteiger partial charge in [-0.25, -0.2) is 4.79 Å². The topological polar surface area (TPSA) is 64.3 Å². The first-order valence-corrected chi connectivity index (χ1v) is 24.1. The van der Waals surface area contributed by atoms with Crippen molar-refractivity contribution in [2.45, 2.75) is 117 Å². The Bertz CT molecular complexity index is 2250. The first-order chi connectivity index (χ1) is 28.9. The highest BCUT2D eigenvalue weighted by molar-refractivity contribution is 7.27. The fraction of sp³-hybridized carbons (Fsp3) is 0.346. The molecule has 0 amide bonds. The van der Waals surface area contributed by atoms with Crippen LogP contribution < -0.4 is 4.90 Å². The molecule has 0 aliphatic rings. The first kappa shape index (κ1) is 43.8. The van der Waals surface area contributed by atoms with Gasteiger partial charge in [-0.1, -0.05) is 127 Å². The standard InChI is InChI=1S/C52H58N2O2S3/c1-4-7-10-15-22-39-33-48(57-47(39)36-42(37-53)52(55)56)50-41(24-17-12-9-6-3)35-49(59-50)51-40(23-16-11-8-5-2)34-46(58-51)38-29-31-45(32-30-38)54(43-25-18-13-19-26-43)44-27-20-14-21-28-44/h13-14,18-21,25-36H,4-12,15-17,22-24H2,1-3H3,(H,55,56)/b42-36+. The molecule has 0 aliphatic heterocycles. The molecule has 0 fully saturated rings. The van der Waals surface area contributed by atoms with E-state index >= 15 is 0 Å². The van der Waals surface area contributed by atoms with Crippen molar-refractivity contribution in [1.29, 1.82) is 5.26 Å². The molecule has 0 atom stereocenters. The zero-order chi connectivity index (χ0) is 41.4. The SMILES string of the molecule is CCCCCCc1cc(-c2sc(-c3sc(-c4ccc(N(c5ccccc5)c5ccccc5)cc4)cc3CCCCCC)cc2CCCCCC)sc1/C=C(\C#N)C(=O)O. The fourth-order valence-corrected chi connectivity index (χ4v) is 11.5. The number of carboxylic acid groups (broad SMARTS) is 1. The molecule has 7 heteroatoms. The van der Waals surface area contributed by atoms with Crippen LogP contribution in [0.5, 0.6) is 0 Å². The molecule has 0 saturated carbocycles. The van der Waals surface area contributed by atoms with Gasteiger partial charge >= 0.3 is 5.97 Å². The predicted molar refractivity (Wildman–Crippen MR) is 256 cm³/mol. The molecule has 0 radical (unpaired) electrons. The van der Waals surface area contributed by atoms with Gasteiger partial charge in [-0.3, -0.25) is 0 Å². The summed E-state index contributed by atoms with van der Waals surface area (Å²) >= 11 is 5.46. The number of nitrogens with zero attached hydrogens (tertiary/aromatic N) is 2. The third kappa shape index (κ3) is 11.7. The number of carbonyl (C=O) groups is 1. The van der Waals surface area contributed by atoms with Crippen LogP contribution >= 0.6 is 34.0 Å². The zero-order valence-corrected chi connectivity index (χ0v) is 37.4. The maximum Gasteiger partial charge on any atom is 0.346 e. The number of thiophene rings is 3. The third-order valence-electron chi connectivity index (χ3n) is 10.9. The molecular weight excluding hydrogens is 781 g/mol. The van der Waals surface area contributed by atoms with Crippen molar-refractivity contribution in [2.24, 2.45) is 0 Å². The lowest BCUT2D eigenvalue weighted by molar-refractivity contribution is -0.132. The van der Waals surface area contributed by atoms with Crippen LogP contribution in [0.4, 0.5) is 17.1 Å². The van der Waals surface area contributed by atoms with Crippen LogP contribution in [0.15, 0.2) is 109 Å². The average Bonchev–Trinajstić information content (AvgIpc) is 4.00. The van der Waals surface area contributed by atoms with E-state index in [0.29, 0.717) is 0 Å². The van der Waals surface area contributed by atoms with Gasteiger partial charge in [-0.2, -0.15) is 5.26 Å². The van der Waals surface area contributed by atoms with E-state index in [9.17, 15) is 15.2 Å². The Hall–Kier alpha value is -4.74. The smallest absolute Gasteiger partial charge is 0.346 e. The molecule has 1 N–H and O–H groups in total. The van der Waals surface area contributed by atoms with Crippen LogP contribution in [0.2, 0.25) is 0 Å². The molecule has 59 heavy (non-hydrogen) atoms. The highest BCUT2D eigenvalue weighted by Crippen LogP contribution is 2.48. The van der Waals surface area contributed by atoms with Gasteiger partial charge in [0.25, 0.3) is 0 Å². The monoisotopic (exact) mass is 838 g/mol. The van der Waals surface area contributed by atoms with Gasteiger partial charge in [-0.15, -0.1) is 34.0 Å². The van der Waals surface area contributed by atoms with Gasteiger partial charge in [0.05, 0.1) is 0 Å². The van der Waals surface area contributed by atoms with Crippen LogP contribution in [-0.4, -0.2) is 11.1 Å². The second-order valence-electron chi connectivity index (χ2n) is 15.4. The molecule has 6 rings (SSSR count). The molecule has 3 aromatic carbocycles. The van der Waals surface area contributed by atoms with Crippen molar-refractivity contribution in [2.75, 3.05) is 4.90 Å². The summed E-state index contributed by atoms with van der Waals surface area (Å²) in [7, 11) is 0. The number of aliphatic carboxylic acids is 1. The van der Waals surface area contributed by atoms with Crippen molar-refractivity contribution in [3.8, 4) is 36.0 Å². The maximum absolute atomic E-state index is 11.9. The lowest BCUT2D eigenvalue weighted by Gasteiger charge is -2.25. The molecule has 0 bridgehead atoms. The molecular formula is C52H58N2O2S3. The van der Waals surface area contributed by atoms with Gasteiger partial charge in [0.1, 0.15) is 11.6 Å². The number of para-hydroxylation sites is 2. The third-order valence-corrected chi connectivity index (χ3v) is 14.8. The molecule has 0 saturated heterocycles. The quantitative estimate of drug-likeness (QED) is 0.0397. The van der Waals surface area contributed by atoms with Crippen LogP contribution in [-0.2, 0) is 24.1 Å². The summed E-state index contributed by atoms with van der Waals surface area (Å²) in [5, 5.41) is 19.4. The number of anilines is 3. The Morgan fingerprint density at radius 2 is 1.02 bits per heavy atom. The lowest BCUT2D eigenvalue weighted by atomic mass is 10.0. The van der Waals surface area contributed by atoms with Crippen LogP contribution in [0.3, 0.4) is 0 Å². The summed E-state index contributed by atoms with van der Waals surface area (Å²) in [4.78, 5) is 21.6. The van der Waals surface area contributed by atoms with E-state index < -0.39 is 5.97 Å². The van der Waals surface area contributed by atoms with Crippen molar-refractivity contribution in [3.63, 3.8) is 0 Å². The van der Waals surface area contributed by atoms with Crippen LogP contribution in [0.25, 0.3) is 36.0 Å². The predicted octanol–water partition coefficient (Wildman–Crippen LogP) is 16.7. The number of benzene rings is 3. The Labute approximate surface area is 364 Å². The van der Waals surface area contributed by atoms with Gasteiger partial charge in [0, 0.05) is 46.3 Å². The number of nitriles is 1. The summed E-state index contributed by atoms with van der Waals surface area (Å²) in [5.74, 6) is -1.17. The summed E-state index contributed by atoms with van der Waals surface area (Å²) in [5.41, 5.74) is 8.36. The maximum atomic E-state index is 11.9. The second-order valence-corrected chi connectivity index (χ2v) is 18.6. The molecule has 3 heterocycles. The van der Waals surface area contributed by atoms with Crippen molar-refractivity contribution in [1.82, 2.24) is 0 Å². The Morgan fingerprint density at radius 3 is 1.51 bits per heavy atom. The number of hydrogen-bond donors (Lipinski definition) is 1. The number of carboxylic acids is 1. The molecule has 0 spiro atoms. The van der Waals surface area contributed by atoms with Crippen molar-refractivity contribution >= 4 is 63.1 Å². The van der Waals surface area contributed by atoms with Crippen LogP contribution in [0.1, 0.15) is 119 Å². The van der Waals surface area contributed by atoms with Gasteiger partial charge in [0.15, 0.2) is 0 Å². The lowest BCUT2D eigenvalue weighted by Crippen LogP contribution is -2.09. The molecule has 4 nitrogen and oxygen atoms in total. The van der Waals surface area contributed by atoms with E-state index in [1.165, 1.54) is 92.4 Å². The average molecular weight is 839 g/mol. The number of hydrogen-bond acceptors (Lipinski definition) is 6. The van der Waals surface area contributed by atoms with E-state index in [4.69, 9.17) is 0 Å². The van der Waals surface area contributed by atoms with E-state index in [-0.39, 0.29) is 5.57 Å². The Balaban J connectivity index is 1.40. The zero-order valence-electron chi connectivity index (χ0n) is 35.0. The molecule has 6 aromatic rings. The fourth-order valence-electron chi connectivity index (χ4n) is 7.65. The summed E-state index contributed by atoms with van der Waals surface area (Å²) < 4.78 is 0. The molecule has 0 unspecified atom stereocenters. The Kier molecular flexibility index (Phi) is 16.8. The van der Waals surface area contributed by atoms with Gasteiger partial charge in [0.2, 0.25) is 0 Å². The van der Waals surface area contributed by atoms with Gasteiger partial charge < -0.3 is 10.0 Å². The summed E-state index contributed by atoms with van der Waals surface area (Å²) in [6.07, 6.45) is 18.8. The Morgan fingerprint density at radius 1 is 0.576 bits per heavy atom. The van der Waals surface area contributed by atoms with E-state index in [2.05, 4.69) is 129 Å². The highest BCUT2D eigenvalue weighted by atomic mass is 32.1. The minimum absolute atomic E-state index is 0.209. The number of rotatable bonds is 23. The minimum atomic E-state index is -1.17. The number of unbranched alkanes of at least 4 members (excludes halogenated alkanes) is 9. The highest BCUT2D eigenvalue weighted by Gasteiger charge is 2.21. The van der Waals surface area contributed by atoms with Crippen LogP contribution in [0, 0.1) is 11.3 Å². The molecule has 306 valence electrons. The number of aryl methyl sites for hydroxylation is 3. The van der Waals surface area contributed by atoms with Crippen molar-refractivity contribution in [3.05, 3.63) is 130 Å². The summed E-state index contributed by atoms with van der Waals surface area (Å²) in [6, 6.07) is 39.3. The second kappa shape index (κ2) is 22.6. The molecule has 0 aliphatic carbocycles. The normalized spacial score (nSPS) is 11.5. The largest absolute Gasteiger partial charge is 0.477 e. The van der Waals surface area contributed by atoms with E-state index in [1.807, 2.05) is 28.7 Å².